The third kappa shape index (κ3) is 5.49. The third-order valence-electron chi connectivity index (χ3n) is 3.67. The minimum Gasteiger partial charge on any atom is -0.488 e. The van der Waals surface area contributed by atoms with Crippen LogP contribution in [0.15, 0.2) is 82.4 Å². The molecular formula is C21H16BrFN2O2. The molecule has 6 heteroatoms. The fraction of sp³-hybridized carbons (Fsp3) is 0.0476. The summed E-state index contributed by atoms with van der Waals surface area (Å²) in [5.74, 6) is -0.278. The molecule has 0 radical (unpaired) electrons. The molecule has 3 rings (SSSR count). The summed E-state index contributed by atoms with van der Waals surface area (Å²) in [6, 6.07) is 20.7. The lowest BCUT2D eigenvalue weighted by molar-refractivity contribution is 0.0950. The second-order valence-corrected chi connectivity index (χ2v) is 6.58. The number of halogens is 2. The van der Waals surface area contributed by atoms with Gasteiger partial charge in [0.25, 0.3) is 5.91 Å². The van der Waals surface area contributed by atoms with Crippen molar-refractivity contribution in [1.29, 1.82) is 0 Å². The molecule has 1 amide bonds. The maximum Gasteiger partial charge on any atom is 0.275 e. The van der Waals surface area contributed by atoms with E-state index in [1.165, 1.54) is 18.3 Å². The largest absolute Gasteiger partial charge is 0.488 e. The average molecular weight is 427 g/mol. The van der Waals surface area contributed by atoms with Crippen molar-refractivity contribution in [2.24, 2.45) is 5.10 Å². The van der Waals surface area contributed by atoms with Gasteiger partial charge >= 0.3 is 0 Å². The minimum atomic E-state index is -0.405. The topological polar surface area (TPSA) is 50.7 Å². The first-order valence-electron chi connectivity index (χ1n) is 8.17. The molecule has 136 valence electrons. The number of benzene rings is 3. The first kappa shape index (κ1) is 18.8. The SMILES string of the molecule is O=C(NN=Cc1ccc(F)cc1)c1cc(Br)ccc1OCc1ccccc1. The Morgan fingerprint density at radius 3 is 2.56 bits per heavy atom. The van der Waals surface area contributed by atoms with Crippen LogP contribution in [-0.4, -0.2) is 12.1 Å². The molecule has 0 aliphatic carbocycles. The summed E-state index contributed by atoms with van der Waals surface area (Å²) >= 11 is 3.36. The molecule has 0 unspecified atom stereocenters. The van der Waals surface area contributed by atoms with Gasteiger partial charge in [0.1, 0.15) is 18.2 Å². The Kier molecular flexibility index (Phi) is 6.33. The molecule has 0 aliphatic heterocycles. The van der Waals surface area contributed by atoms with Gasteiger partial charge < -0.3 is 4.74 Å². The van der Waals surface area contributed by atoms with Crippen LogP contribution in [0, 0.1) is 5.82 Å². The Balaban J connectivity index is 1.69. The maximum absolute atomic E-state index is 12.9. The Hall–Kier alpha value is -2.99. The lowest BCUT2D eigenvalue weighted by Gasteiger charge is -2.11. The van der Waals surface area contributed by atoms with Gasteiger partial charge in [0.2, 0.25) is 0 Å². The van der Waals surface area contributed by atoms with Crippen molar-refractivity contribution in [3.8, 4) is 5.75 Å². The van der Waals surface area contributed by atoms with Gasteiger partial charge in [0.15, 0.2) is 0 Å². The summed E-state index contributed by atoms with van der Waals surface area (Å²) in [7, 11) is 0. The second-order valence-electron chi connectivity index (χ2n) is 5.67. The van der Waals surface area contributed by atoms with Gasteiger partial charge in [-0.2, -0.15) is 5.10 Å². The van der Waals surface area contributed by atoms with E-state index in [1.807, 2.05) is 30.3 Å². The summed E-state index contributed by atoms with van der Waals surface area (Å²) in [4.78, 5) is 12.5. The molecule has 0 aliphatic rings. The number of amides is 1. The van der Waals surface area contributed by atoms with Crippen LogP contribution >= 0.6 is 15.9 Å². The minimum absolute atomic E-state index is 0.328. The highest BCUT2D eigenvalue weighted by Crippen LogP contribution is 2.24. The van der Waals surface area contributed by atoms with Crippen LogP contribution in [0.25, 0.3) is 0 Å². The van der Waals surface area contributed by atoms with E-state index >= 15 is 0 Å². The maximum atomic E-state index is 12.9. The Labute approximate surface area is 164 Å². The highest BCUT2D eigenvalue weighted by molar-refractivity contribution is 9.10. The molecule has 4 nitrogen and oxygen atoms in total. The van der Waals surface area contributed by atoms with Crippen molar-refractivity contribution >= 4 is 28.1 Å². The Morgan fingerprint density at radius 2 is 1.81 bits per heavy atom. The molecule has 0 saturated carbocycles. The van der Waals surface area contributed by atoms with E-state index in [0.29, 0.717) is 23.5 Å². The highest BCUT2D eigenvalue weighted by Gasteiger charge is 2.13. The number of hydrogen-bond acceptors (Lipinski definition) is 3. The molecule has 3 aromatic carbocycles. The molecule has 1 N–H and O–H groups in total. The standard InChI is InChI=1S/C21H16BrFN2O2/c22-17-8-11-20(27-14-16-4-2-1-3-5-16)19(12-17)21(26)25-24-13-15-6-9-18(23)10-7-15/h1-13H,14H2,(H,25,26). The normalized spacial score (nSPS) is 10.7. The van der Waals surface area contributed by atoms with Crippen molar-refractivity contribution in [2.45, 2.75) is 6.61 Å². The molecule has 0 atom stereocenters. The van der Waals surface area contributed by atoms with Gasteiger partial charge in [-0.25, -0.2) is 9.82 Å². The predicted molar refractivity (Wildman–Crippen MR) is 106 cm³/mol. The van der Waals surface area contributed by atoms with Crippen LogP contribution in [0.2, 0.25) is 0 Å². The molecule has 0 fully saturated rings. The van der Waals surface area contributed by atoms with E-state index in [2.05, 4.69) is 26.5 Å². The van der Waals surface area contributed by atoms with Gasteiger partial charge in [-0.15, -0.1) is 0 Å². The van der Waals surface area contributed by atoms with Crippen molar-refractivity contribution in [3.63, 3.8) is 0 Å². The van der Waals surface area contributed by atoms with Crippen molar-refractivity contribution in [2.75, 3.05) is 0 Å². The number of rotatable bonds is 6. The number of carbonyl (C=O) groups is 1. The molecule has 0 bridgehead atoms. The number of carbonyl (C=O) groups excluding carboxylic acids is 1. The van der Waals surface area contributed by atoms with Gasteiger partial charge in [-0.3, -0.25) is 4.79 Å². The predicted octanol–water partition coefficient (Wildman–Crippen LogP) is 4.93. The third-order valence-corrected chi connectivity index (χ3v) is 4.17. The number of hydrazone groups is 1. The van der Waals surface area contributed by atoms with Crippen molar-refractivity contribution < 1.29 is 13.9 Å². The molecule has 27 heavy (non-hydrogen) atoms. The summed E-state index contributed by atoms with van der Waals surface area (Å²) < 4.78 is 19.5. The zero-order chi connectivity index (χ0) is 19.1. The monoisotopic (exact) mass is 426 g/mol. The first-order chi connectivity index (χ1) is 13.1. The van der Waals surface area contributed by atoms with Gasteiger partial charge in [0.05, 0.1) is 11.8 Å². The quantitative estimate of drug-likeness (QED) is 0.448. The number of nitrogens with zero attached hydrogens (tertiary/aromatic N) is 1. The second kappa shape index (κ2) is 9.09. The first-order valence-corrected chi connectivity index (χ1v) is 8.96. The number of hydrogen-bond donors (Lipinski definition) is 1. The highest BCUT2D eigenvalue weighted by atomic mass is 79.9. The molecule has 0 heterocycles. The lowest BCUT2D eigenvalue weighted by Crippen LogP contribution is -2.18. The molecule has 3 aromatic rings. The Bertz CT molecular complexity index is 944. The average Bonchev–Trinajstić information content (AvgIpc) is 2.69. The smallest absolute Gasteiger partial charge is 0.275 e. The fourth-order valence-corrected chi connectivity index (χ4v) is 2.68. The summed E-state index contributed by atoms with van der Waals surface area (Å²) in [5.41, 5.74) is 4.50. The fourth-order valence-electron chi connectivity index (χ4n) is 2.32. The van der Waals surface area contributed by atoms with Crippen LogP contribution in [-0.2, 0) is 6.61 Å². The van der Waals surface area contributed by atoms with E-state index in [-0.39, 0.29) is 5.82 Å². The van der Waals surface area contributed by atoms with E-state index in [4.69, 9.17) is 4.74 Å². The van der Waals surface area contributed by atoms with Crippen LogP contribution in [0.1, 0.15) is 21.5 Å². The summed E-state index contributed by atoms with van der Waals surface area (Å²) in [6.07, 6.45) is 1.44. The van der Waals surface area contributed by atoms with Gasteiger partial charge in [-0.1, -0.05) is 58.4 Å². The van der Waals surface area contributed by atoms with Gasteiger partial charge in [-0.05, 0) is 41.5 Å². The lowest BCUT2D eigenvalue weighted by atomic mass is 10.2. The number of ether oxygens (including phenoxy) is 1. The van der Waals surface area contributed by atoms with Crippen molar-refractivity contribution in [3.05, 3.63) is 99.8 Å². The van der Waals surface area contributed by atoms with Gasteiger partial charge in [0, 0.05) is 4.47 Å². The molecular weight excluding hydrogens is 411 g/mol. The Morgan fingerprint density at radius 1 is 1.07 bits per heavy atom. The molecule has 0 aromatic heterocycles. The summed E-state index contributed by atoms with van der Waals surface area (Å²) in [5, 5.41) is 3.92. The van der Waals surface area contributed by atoms with Crippen LogP contribution in [0.5, 0.6) is 5.75 Å². The van der Waals surface area contributed by atoms with E-state index in [1.54, 1.807) is 30.3 Å². The number of nitrogens with one attached hydrogen (secondary N) is 1. The molecule has 0 spiro atoms. The van der Waals surface area contributed by atoms with E-state index in [9.17, 15) is 9.18 Å². The zero-order valence-corrected chi connectivity index (χ0v) is 15.8. The van der Waals surface area contributed by atoms with E-state index < -0.39 is 5.91 Å². The van der Waals surface area contributed by atoms with Crippen molar-refractivity contribution in [1.82, 2.24) is 5.43 Å². The van der Waals surface area contributed by atoms with Crippen LogP contribution in [0.4, 0.5) is 4.39 Å². The molecule has 0 saturated heterocycles. The van der Waals surface area contributed by atoms with Crippen LogP contribution < -0.4 is 10.2 Å². The zero-order valence-electron chi connectivity index (χ0n) is 14.2. The van der Waals surface area contributed by atoms with Crippen LogP contribution in [0.3, 0.4) is 0 Å². The van der Waals surface area contributed by atoms with E-state index in [0.717, 1.165) is 10.0 Å². The summed E-state index contributed by atoms with van der Waals surface area (Å²) in [6.45, 7) is 0.349.